The Balaban J connectivity index is 1.35. The number of fused-ring (bicyclic) bond motifs is 1. The van der Waals surface area contributed by atoms with E-state index in [4.69, 9.17) is 11.6 Å². The Kier molecular flexibility index (Phi) is 5.84. The third-order valence-corrected chi connectivity index (χ3v) is 4.81. The van der Waals surface area contributed by atoms with Crippen LogP contribution in [-0.4, -0.2) is 23.3 Å². The number of benzene rings is 2. The molecule has 0 radical (unpaired) electrons. The fraction of sp³-hybridized carbons (Fsp3) is 0.0500. The van der Waals surface area contributed by atoms with Gasteiger partial charge >= 0.3 is 18.2 Å². The van der Waals surface area contributed by atoms with Crippen molar-refractivity contribution in [3.05, 3.63) is 76.8 Å². The van der Waals surface area contributed by atoms with Gasteiger partial charge in [-0.1, -0.05) is 11.6 Å². The Morgan fingerprint density at radius 2 is 1.61 bits per heavy atom. The Morgan fingerprint density at radius 3 is 2.30 bits per heavy atom. The zero-order valence-electron chi connectivity index (χ0n) is 16.5. The van der Waals surface area contributed by atoms with E-state index in [2.05, 4.69) is 31.8 Å². The highest BCUT2D eigenvalue weighted by atomic mass is 35.5. The summed E-state index contributed by atoms with van der Waals surface area (Å²) in [5, 5.41) is 7.04. The second kappa shape index (κ2) is 8.74. The number of hydrazine groups is 1. The van der Waals surface area contributed by atoms with E-state index >= 15 is 0 Å². The number of amides is 4. The first kappa shape index (κ1) is 22.0. The molecule has 0 bridgehead atoms. The minimum absolute atomic E-state index is 0.0741. The van der Waals surface area contributed by atoms with Crippen molar-refractivity contribution >= 4 is 47.1 Å². The second-order valence-electron chi connectivity index (χ2n) is 6.76. The van der Waals surface area contributed by atoms with Crippen LogP contribution in [0.3, 0.4) is 0 Å². The van der Waals surface area contributed by atoms with Crippen molar-refractivity contribution in [3.63, 3.8) is 0 Å². The molecule has 0 atom stereocenters. The zero-order valence-corrected chi connectivity index (χ0v) is 17.3. The number of halogens is 4. The van der Waals surface area contributed by atoms with Gasteiger partial charge in [0.25, 0.3) is 0 Å². The lowest BCUT2D eigenvalue weighted by atomic mass is 10.2. The fourth-order valence-corrected chi connectivity index (χ4v) is 3.18. The minimum Gasteiger partial charge on any atom is -0.308 e. The number of urea groups is 2. The van der Waals surface area contributed by atoms with Gasteiger partial charge in [-0.25, -0.2) is 19.5 Å². The summed E-state index contributed by atoms with van der Waals surface area (Å²) >= 11 is 5.57. The molecule has 2 aromatic rings. The Hall–Kier alpha value is -4.19. The number of nitrogens with one attached hydrogen (secondary N) is 5. The normalized spacial score (nSPS) is 14.4. The number of carbonyl (C=O) groups excluding carboxylic acids is 2. The lowest BCUT2D eigenvalue weighted by Crippen LogP contribution is -2.35. The number of rotatable bonds is 3. The molecular formula is C20H15ClF3N7O2. The van der Waals surface area contributed by atoms with Crippen molar-refractivity contribution < 1.29 is 22.8 Å². The zero-order chi connectivity index (χ0) is 23.6. The SMILES string of the molecule is O=C(Nc1ccc(NC(=O)N2C=NC=C3NNC=C32)cc1)Nc1ccc(Cl)c(C(F)(F)F)c1. The van der Waals surface area contributed by atoms with Crippen LogP contribution < -0.4 is 26.8 Å². The summed E-state index contributed by atoms with van der Waals surface area (Å²) in [4.78, 5) is 30.0. The maximum atomic E-state index is 13.0. The highest BCUT2D eigenvalue weighted by Gasteiger charge is 2.33. The minimum atomic E-state index is -4.65. The molecule has 0 aliphatic carbocycles. The lowest BCUT2D eigenvalue weighted by Gasteiger charge is -2.21. The summed E-state index contributed by atoms with van der Waals surface area (Å²) in [6.45, 7) is 0. The molecule has 13 heteroatoms. The molecule has 0 spiro atoms. The third kappa shape index (κ3) is 5.01. The highest BCUT2D eigenvalue weighted by Crippen LogP contribution is 2.36. The molecule has 0 fully saturated rings. The van der Waals surface area contributed by atoms with Crippen molar-refractivity contribution in [2.45, 2.75) is 6.18 Å². The predicted octanol–water partition coefficient (Wildman–Crippen LogP) is 4.67. The summed E-state index contributed by atoms with van der Waals surface area (Å²) in [5.41, 5.74) is 6.52. The average Bonchev–Trinajstić information content (AvgIpc) is 3.24. The van der Waals surface area contributed by atoms with Gasteiger partial charge in [-0.15, -0.1) is 0 Å². The molecule has 0 saturated carbocycles. The van der Waals surface area contributed by atoms with Crippen LogP contribution >= 0.6 is 11.6 Å². The Labute approximate surface area is 190 Å². The predicted molar refractivity (Wildman–Crippen MR) is 117 cm³/mol. The summed E-state index contributed by atoms with van der Waals surface area (Å²) < 4.78 is 38.9. The van der Waals surface area contributed by atoms with Gasteiger partial charge in [-0.05, 0) is 42.5 Å². The number of aliphatic imine (C=N–C) groups is 1. The lowest BCUT2D eigenvalue weighted by molar-refractivity contribution is -0.137. The smallest absolute Gasteiger partial charge is 0.308 e. The van der Waals surface area contributed by atoms with Crippen molar-refractivity contribution in [2.24, 2.45) is 4.99 Å². The summed E-state index contributed by atoms with van der Waals surface area (Å²) in [6.07, 6.45) is -0.110. The van der Waals surface area contributed by atoms with Crippen LogP contribution in [0.25, 0.3) is 0 Å². The molecule has 170 valence electrons. The van der Waals surface area contributed by atoms with Gasteiger partial charge in [0.15, 0.2) is 0 Å². The highest BCUT2D eigenvalue weighted by molar-refractivity contribution is 6.31. The standard InChI is InChI=1S/C20H15ClF3N7O2/c21-15-6-5-13(7-14(15)20(22,23)24)28-18(32)27-11-1-3-12(4-2-11)29-19(33)31-10-25-8-16-17(31)9-26-30-16/h1-10,26,30H,(H,29,33)(H2,27,28,32). The van der Waals surface area contributed by atoms with E-state index in [0.717, 1.165) is 12.1 Å². The molecule has 2 aliphatic rings. The second-order valence-corrected chi connectivity index (χ2v) is 7.16. The van der Waals surface area contributed by atoms with Crippen molar-refractivity contribution in [2.75, 3.05) is 16.0 Å². The van der Waals surface area contributed by atoms with E-state index < -0.39 is 28.8 Å². The molecule has 4 rings (SSSR count). The van der Waals surface area contributed by atoms with Crippen LogP contribution in [0.5, 0.6) is 0 Å². The molecule has 9 nitrogen and oxygen atoms in total. The summed E-state index contributed by atoms with van der Waals surface area (Å²) in [7, 11) is 0. The first-order valence-corrected chi connectivity index (χ1v) is 9.69. The summed E-state index contributed by atoms with van der Waals surface area (Å²) in [5.74, 6) is 0. The van der Waals surface area contributed by atoms with Crippen LogP contribution in [0.4, 0.5) is 39.8 Å². The number of hydrogen-bond acceptors (Lipinski definition) is 5. The first-order valence-electron chi connectivity index (χ1n) is 9.31. The largest absolute Gasteiger partial charge is 0.417 e. The first-order chi connectivity index (χ1) is 15.7. The average molecular weight is 478 g/mol. The maximum Gasteiger partial charge on any atom is 0.417 e. The van der Waals surface area contributed by atoms with Gasteiger partial charge < -0.3 is 21.4 Å². The van der Waals surface area contributed by atoms with E-state index in [1.807, 2.05) is 0 Å². The number of anilines is 3. The van der Waals surface area contributed by atoms with Crippen molar-refractivity contribution in [1.82, 2.24) is 15.8 Å². The van der Waals surface area contributed by atoms with E-state index in [0.29, 0.717) is 22.8 Å². The van der Waals surface area contributed by atoms with Crippen LogP contribution in [-0.2, 0) is 6.18 Å². The van der Waals surface area contributed by atoms with Gasteiger partial charge in [-0.3, -0.25) is 5.43 Å². The third-order valence-electron chi connectivity index (χ3n) is 4.48. The van der Waals surface area contributed by atoms with E-state index in [1.165, 1.54) is 29.4 Å². The van der Waals surface area contributed by atoms with Crippen LogP contribution in [0.2, 0.25) is 5.02 Å². The molecule has 5 N–H and O–H groups in total. The van der Waals surface area contributed by atoms with Crippen LogP contribution in [0.15, 0.2) is 71.3 Å². The molecule has 0 unspecified atom stereocenters. The number of nitrogens with zero attached hydrogens (tertiary/aromatic N) is 2. The van der Waals surface area contributed by atoms with E-state index in [9.17, 15) is 22.8 Å². The fourth-order valence-electron chi connectivity index (χ4n) is 2.95. The molecule has 2 aromatic carbocycles. The molecule has 2 aliphatic heterocycles. The van der Waals surface area contributed by atoms with Gasteiger partial charge in [0.05, 0.1) is 28.2 Å². The van der Waals surface area contributed by atoms with Gasteiger partial charge in [0.1, 0.15) is 6.34 Å². The molecule has 0 saturated heterocycles. The van der Waals surface area contributed by atoms with Crippen LogP contribution in [0, 0.1) is 0 Å². The number of alkyl halides is 3. The monoisotopic (exact) mass is 477 g/mol. The van der Waals surface area contributed by atoms with Gasteiger partial charge in [-0.2, -0.15) is 13.2 Å². The summed E-state index contributed by atoms with van der Waals surface area (Å²) in [6, 6.07) is 7.99. The number of carbonyl (C=O) groups is 2. The van der Waals surface area contributed by atoms with Crippen molar-refractivity contribution in [3.8, 4) is 0 Å². The van der Waals surface area contributed by atoms with E-state index in [1.54, 1.807) is 24.5 Å². The van der Waals surface area contributed by atoms with Crippen molar-refractivity contribution in [1.29, 1.82) is 0 Å². The molecular weight excluding hydrogens is 463 g/mol. The molecule has 33 heavy (non-hydrogen) atoms. The van der Waals surface area contributed by atoms with Gasteiger partial charge in [0.2, 0.25) is 0 Å². The molecule has 2 heterocycles. The quantitative estimate of drug-likeness (QED) is 0.442. The Bertz CT molecular complexity index is 1190. The van der Waals surface area contributed by atoms with Crippen LogP contribution in [0.1, 0.15) is 5.56 Å². The molecule has 0 aromatic heterocycles. The number of hydrogen-bond donors (Lipinski definition) is 5. The van der Waals surface area contributed by atoms with E-state index in [-0.39, 0.29) is 5.69 Å². The Morgan fingerprint density at radius 1 is 0.970 bits per heavy atom. The maximum absolute atomic E-state index is 13.0. The molecule has 4 amide bonds. The topological polar surface area (TPSA) is 110 Å². The van der Waals surface area contributed by atoms with Gasteiger partial charge in [0, 0.05) is 23.3 Å².